The number of hydrogen-bond acceptors (Lipinski definition) is 2. The fourth-order valence-corrected chi connectivity index (χ4v) is 2.08. The molecule has 0 bridgehead atoms. The third-order valence-corrected chi connectivity index (χ3v) is 3.51. The van der Waals surface area contributed by atoms with Gasteiger partial charge in [0, 0.05) is 18.7 Å². The molecule has 0 fully saturated rings. The summed E-state index contributed by atoms with van der Waals surface area (Å²) in [6, 6.07) is 3.25. The van der Waals surface area contributed by atoms with Gasteiger partial charge in [0.1, 0.15) is 0 Å². The first-order valence-electron chi connectivity index (χ1n) is 6.72. The zero-order valence-electron chi connectivity index (χ0n) is 12.4. The largest absolute Gasteiger partial charge is 0.419 e. The van der Waals surface area contributed by atoms with Crippen molar-refractivity contribution in [1.82, 2.24) is 4.90 Å². The van der Waals surface area contributed by atoms with Gasteiger partial charge in [0.15, 0.2) is 0 Å². The van der Waals surface area contributed by atoms with Gasteiger partial charge < -0.3 is 10.6 Å². The van der Waals surface area contributed by atoms with Gasteiger partial charge in [-0.1, -0.05) is 12.1 Å². The Morgan fingerprint density at radius 2 is 1.52 bits per heavy atom. The smallest absolute Gasteiger partial charge is 0.339 e. The maximum absolute atomic E-state index is 13.0. The first-order chi connectivity index (χ1) is 10.4. The molecule has 0 saturated heterocycles. The third-order valence-electron chi connectivity index (χ3n) is 3.51. The number of benzene rings is 1. The van der Waals surface area contributed by atoms with Crippen molar-refractivity contribution in [2.45, 2.75) is 31.7 Å². The van der Waals surface area contributed by atoms with E-state index in [9.17, 15) is 31.1 Å². The molecule has 0 aliphatic carbocycles. The molecule has 0 unspecified atom stereocenters. The molecule has 0 atom stereocenters. The highest BCUT2D eigenvalue weighted by Crippen LogP contribution is 2.48. The molecule has 1 rings (SSSR count). The van der Waals surface area contributed by atoms with Crippen LogP contribution in [0.2, 0.25) is 0 Å². The maximum atomic E-state index is 13.0. The van der Waals surface area contributed by atoms with E-state index >= 15 is 0 Å². The van der Waals surface area contributed by atoms with Gasteiger partial charge in [0.2, 0.25) is 5.54 Å². The van der Waals surface area contributed by atoms with Crippen LogP contribution in [0, 0.1) is 0 Å². The number of carbonyl (C=O) groups excluding carboxylic acids is 1. The highest BCUT2D eigenvalue weighted by Gasteiger charge is 2.69. The Morgan fingerprint density at radius 1 is 1.04 bits per heavy atom. The van der Waals surface area contributed by atoms with Crippen LogP contribution in [0.1, 0.15) is 29.8 Å². The monoisotopic (exact) mass is 342 g/mol. The normalized spacial score (nSPS) is 13.1. The van der Waals surface area contributed by atoms with Crippen LogP contribution >= 0.6 is 0 Å². The lowest BCUT2D eigenvalue weighted by Crippen LogP contribution is -2.60. The number of alkyl halides is 6. The zero-order chi connectivity index (χ0) is 18.1. The molecule has 0 aromatic heterocycles. The lowest BCUT2D eigenvalue weighted by molar-refractivity contribution is -0.301. The Labute approximate surface area is 129 Å². The van der Waals surface area contributed by atoms with E-state index in [1.807, 2.05) is 0 Å². The molecular formula is C14H16F6N2O. The minimum absolute atomic E-state index is 0.270. The molecule has 1 aromatic rings. The summed E-state index contributed by atoms with van der Waals surface area (Å²) in [4.78, 5) is 13.4. The fourth-order valence-electron chi connectivity index (χ4n) is 2.08. The predicted molar refractivity (Wildman–Crippen MR) is 71.7 cm³/mol. The summed E-state index contributed by atoms with van der Waals surface area (Å²) in [6.07, 6.45) is -11.5. The Bertz CT molecular complexity index is 549. The number of nitrogens with zero attached hydrogens (tertiary/aromatic N) is 1. The van der Waals surface area contributed by atoms with Crippen molar-refractivity contribution in [2.24, 2.45) is 5.73 Å². The Hall–Kier alpha value is -1.77. The van der Waals surface area contributed by atoms with Crippen molar-refractivity contribution in [1.29, 1.82) is 0 Å². The molecule has 0 saturated carbocycles. The van der Waals surface area contributed by atoms with Crippen LogP contribution in [-0.2, 0) is 5.54 Å². The minimum atomic E-state index is -5.76. The average molecular weight is 342 g/mol. The summed E-state index contributed by atoms with van der Waals surface area (Å²) in [5.74, 6) is -0.663. The van der Waals surface area contributed by atoms with Crippen LogP contribution in [0.25, 0.3) is 0 Å². The summed E-state index contributed by atoms with van der Waals surface area (Å²) >= 11 is 0. The maximum Gasteiger partial charge on any atom is 0.419 e. The Morgan fingerprint density at radius 3 is 1.91 bits per heavy atom. The number of amides is 1. The van der Waals surface area contributed by atoms with Crippen LogP contribution in [0.15, 0.2) is 24.3 Å². The van der Waals surface area contributed by atoms with E-state index in [0.29, 0.717) is 12.1 Å². The van der Waals surface area contributed by atoms with Gasteiger partial charge in [-0.25, -0.2) is 0 Å². The molecule has 1 aromatic carbocycles. The van der Waals surface area contributed by atoms with Crippen molar-refractivity contribution in [2.75, 3.05) is 13.1 Å². The van der Waals surface area contributed by atoms with E-state index in [-0.39, 0.29) is 18.7 Å². The van der Waals surface area contributed by atoms with Gasteiger partial charge in [-0.2, -0.15) is 26.3 Å². The second kappa shape index (κ2) is 6.38. The van der Waals surface area contributed by atoms with Crippen LogP contribution in [0.4, 0.5) is 26.3 Å². The molecule has 1 amide bonds. The first-order valence-corrected chi connectivity index (χ1v) is 6.72. The molecule has 2 N–H and O–H groups in total. The van der Waals surface area contributed by atoms with Crippen molar-refractivity contribution in [3.8, 4) is 0 Å². The van der Waals surface area contributed by atoms with Crippen molar-refractivity contribution < 1.29 is 31.1 Å². The topological polar surface area (TPSA) is 46.3 Å². The van der Waals surface area contributed by atoms with Crippen LogP contribution < -0.4 is 5.73 Å². The average Bonchev–Trinajstić information content (AvgIpc) is 2.45. The molecule has 130 valence electrons. The lowest BCUT2D eigenvalue weighted by atomic mass is 9.88. The standard InChI is InChI=1S/C14H16F6N2O/c1-3-22(4-2)11(23)9-6-5-7-10(8-9)12(21,13(15,16)17)14(18,19)20/h5-8H,3-4,21H2,1-2H3. The van der Waals surface area contributed by atoms with Gasteiger partial charge >= 0.3 is 12.4 Å². The van der Waals surface area contributed by atoms with E-state index in [2.05, 4.69) is 0 Å². The molecule has 0 aliphatic heterocycles. The first kappa shape index (κ1) is 19.3. The highest BCUT2D eigenvalue weighted by atomic mass is 19.4. The van der Waals surface area contributed by atoms with Crippen LogP contribution in [-0.4, -0.2) is 36.2 Å². The number of rotatable bonds is 4. The quantitative estimate of drug-likeness (QED) is 0.852. The van der Waals surface area contributed by atoms with Crippen molar-refractivity contribution >= 4 is 5.91 Å². The molecule has 0 aliphatic rings. The number of halogens is 6. The number of hydrogen-bond donors (Lipinski definition) is 1. The van der Waals surface area contributed by atoms with E-state index in [1.54, 1.807) is 13.8 Å². The third kappa shape index (κ3) is 3.44. The summed E-state index contributed by atoms with van der Waals surface area (Å²) in [5.41, 5.74) is -1.34. The van der Waals surface area contributed by atoms with Gasteiger partial charge in [0.05, 0.1) is 0 Å². The van der Waals surface area contributed by atoms with E-state index in [4.69, 9.17) is 5.73 Å². The molecule has 0 spiro atoms. The zero-order valence-corrected chi connectivity index (χ0v) is 12.4. The lowest BCUT2D eigenvalue weighted by Gasteiger charge is -2.34. The van der Waals surface area contributed by atoms with Gasteiger partial charge in [-0.15, -0.1) is 0 Å². The number of carbonyl (C=O) groups is 1. The van der Waals surface area contributed by atoms with Gasteiger partial charge in [-0.05, 0) is 31.5 Å². The second-order valence-electron chi connectivity index (χ2n) is 4.86. The van der Waals surface area contributed by atoms with Crippen molar-refractivity contribution in [3.63, 3.8) is 0 Å². The Balaban J connectivity index is 3.44. The van der Waals surface area contributed by atoms with E-state index in [0.717, 1.165) is 12.1 Å². The summed E-state index contributed by atoms with van der Waals surface area (Å²) < 4.78 is 77.8. The molecule has 0 radical (unpaired) electrons. The van der Waals surface area contributed by atoms with E-state index < -0.39 is 29.4 Å². The van der Waals surface area contributed by atoms with Gasteiger partial charge in [-0.3, -0.25) is 4.79 Å². The SMILES string of the molecule is CCN(CC)C(=O)c1cccc(C(N)(C(F)(F)F)C(F)(F)F)c1. The van der Waals surface area contributed by atoms with E-state index in [1.165, 1.54) is 4.90 Å². The second-order valence-corrected chi connectivity index (χ2v) is 4.86. The molecule has 9 heteroatoms. The fraction of sp³-hybridized carbons (Fsp3) is 0.500. The molecule has 0 heterocycles. The van der Waals surface area contributed by atoms with Crippen LogP contribution in [0.5, 0.6) is 0 Å². The Kier molecular flexibility index (Phi) is 5.35. The van der Waals surface area contributed by atoms with Gasteiger partial charge in [0.25, 0.3) is 5.91 Å². The predicted octanol–water partition coefficient (Wildman–Crippen LogP) is 3.45. The van der Waals surface area contributed by atoms with Crippen molar-refractivity contribution in [3.05, 3.63) is 35.4 Å². The summed E-state index contributed by atoms with van der Waals surface area (Å²) in [7, 11) is 0. The summed E-state index contributed by atoms with van der Waals surface area (Å²) in [5, 5.41) is 0. The molecular weight excluding hydrogens is 326 g/mol. The molecule has 23 heavy (non-hydrogen) atoms. The summed E-state index contributed by atoms with van der Waals surface area (Å²) in [6.45, 7) is 3.82. The number of nitrogens with two attached hydrogens (primary N) is 1. The highest BCUT2D eigenvalue weighted by molar-refractivity contribution is 5.94. The molecule has 3 nitrogen and oxygen atoms in total. The minimum Gasteiger partial charge on any atom is -0.339 e. The van der Waals surface area contributed by atoms with Crippen LogP contribution in [0.3, 0.4) is 0 Å².